The number of ether oxygens (including phenoxy) is 1. The van der Waals surface area contributed by atoms with E-state index in [0.717, 1.165) is 31.2 Å². The standard InChI is InChI=1S/C18H27FN2O2/c1-18(2,3)23-17(22)21(14-8-4-5-9-14)12-11-13-7-6-10-15(19)16(13)20/h6-7,10,14H,4-5,8-9,11-12,20H2,1-3H3. The molecule has 0 aromatic heterocycles. The summed E-state index contributed by atoms with van der Waals surface area (Å²) in [5.41, 5.74) is 6.17. The molecule has 0 radical (unpaired) electrons. The van der Waals surface area contributed by atoms with E-state index < -0.39 is 11.4 Å². The predicted molar refractivity (Wildman–Crippen MR) is 89.7 cm³/mol. The number of hydrogen-bond acceptors (Lipinski definition) is 3. The smallest absolute Gasteiger partial charge is 0.410 e. The highest BCUT2D eigenvalue weighted by Crippen LogP contribution is 2.26. The van der Waals surface area contributed by atoms with Crippen molar-refractivity contribution in [1.29, 1.82) is 0 Å². The first-order valence-electron chi connectivity index (χ1n) is 8.30. The molecule has 2 rings (SSSR count). The highest BCUT2D eigenvalue weighted by molar-refractivity contribution is 5.68. The lowest BCUT2D eigenvalue weighted by Gasteiger charge is -2.31. The summed E-state index contributed by atoms with van der Waals surface area (Å²) in [6, 6.07) is 5.01. The van der Waals surface area contributed by atoms with Crippen LogP contribution in [0.15, 0.2) is 18.2 Å². The van der Waals surface area contributed by atoms with Crippen LogP contribution in [0.25, 0.3) is 0 Å². The van der Waals surface area contributed by atoms with Crippen molar-refractivity contribution in [2.24, 2.45) is 0 Å². The van der Waals surface area contributed by atoms with Crippen LogP contribution in [0.4, 0.5) is 14.9 Å². The van der Waals surface area contributed by atoms with E-state index in [9.17, 15) is 9.18 Å². The van der Waals surface area contributed by atoms with Gasteiger partial charge in [0.2, 0.25) is 0 Å². The molecular weight excluding hydrogens is 295 g/mol. The van der Waals surface area contributed by atoms with Gasteiger partial charge in [-0.05, 0) is 51.7 Å². The summed E-state index contributed by atoms with van der Waals surface area (Å²) < 4.78 is 19.1. The number of halogens is 1. The summed E-state index contributed by atoms with van der Waals surface area (Å²) >= 11 is 0. The fourth-order valence-electron chi connectivity index (χ4n) is 3.00. The van der Waals surface area contributed by atoms with Crippen molar-refractivity contribution in [2.45, 2.75) is 64.5 Å². The minimum atomic E-state index is -0.522. The van der Waals surface area contributed by atoms with Gasteiger partial charge >= 0.3 is 6.09 Å². The molecule has 1 aliphatic carbocycles. The van der Waals surface area contributed by atoms with E-state index in [1.54, 1.807) is 17.0 Å². The Hall–Kier alpha value is -1.78. The molecule has 0 aliphatic heterocycles. The molecule has 4 nitrogen and oxygen atoms in total. The molecule has 1 aromatic carbocycles. The minimum absolute atomic E-state index is 0.170. The Morgan fingerprint density at radius 3 is 2.61 bits per heavy atom. The fraction of sp³-hybridized carbons (Fsp3) is 0.611. The predicted octanol–water partition coefficient (Wildman–Crippen LogP) is 4.13. The Morgan fingerprint density at radius 2 is 2.00 bits per heavy atom. The molecular formula is C18H27FN2O2. The van der Waals surface area contributed by atoms with Crippen molar-refractivity contribution in [3.8, 4) is 0 Å². The van der Waals surface area contributed by atoms with Crippen LogP contribution in [0.3, 0.4) is 0 Å². The average Bonchev–Trinajstić information content (AvgIpc) is 2.95. The molecule has 0 atom stereocenters. The van der Waals surface area contributed by atoms with E-state index in [1.165, 1.54) is 6.07 Å². The van der Waals surface area contributed by atoms with Crippen molar-refractivity contribution in [3.63, 3.8) is 0 Å². The largest absolute Gasteiger partial charge is 0.444 e. The maximum atomic E-state index is 13.6. The van der Waals surface area contributed by atoms with Crippen molar-refractivity contribution in [3.05, 3.63) is 29.6 Å². The Morgan fingerprint density at radius 1 is 1.35 bits per heavy atom. The van der Waals surface area contributed by atoms with Gasteiger partial charge in [0.1, 0.15) is 11.4 Å². The number of benzene rings is 1. The van der Waals surface area contributed by atoms with Crippen molar-refractivity contribution < 1.29 is 13.9 Å². The first kappa shape index (κ1) is 17.6. The molecule has 1 saturated carbocycles. The molecule has 5 heteroatoms. The van der Waals surface area contributed by atoms with Crippen LogP contribution in [0, 0.1) is 5.82 Å². The number of amides is 1. The second kappa shape index (κ2) is 7.20. The van der Waals surface area contributed by atoms with Crippen molar-refractivity contribution >= 4 is 11.8 Å². The summed E-state index contributed by atoms with van der Waals surface area (Å²) in [7, 11) is 0. The zero-order valence-corrected chi connectivity index (χ0v) is 14.3. The molecule has 1 aromatic rings. The normalized spacial score (nSPS) is 15.7. The van der Waals surface area contributed by atoms with Crippen LogP contribution >= 0.6 is 0 Å². The molecule has 0 bridgehead atoms. The lowest BCUT2D eigenvalue weighted by Crippen LogP contribution is -2.43. The van der Waals surface area contributed by atoms with Crippen LogP contribution < -0.4 is 5.73 Å². The minimum Gasteiger partial charge on any atom is -0.444 e. The quantitative estimate of drug-likeness (QED) is 0.848. The van der Waals surface area contributed by atoms with E-state index in [4.69, 9.17) is 10.5 Å². The lowest BCUT2D eigenvalue weighted by atomic mass is 10.1. The molecule has 0 saturated heterocycles. The number of carbonyl (C=O) groups is 1. The fourth-order valence-corrected chi connectivity index (χ4v) is 3.00. The van der Waals surface area contributed by atoms with Gasteiger partial charge in [0, 0.05) is 12.6 Å². The maximum absolute atomic E-state index is 13.6. The van der Waals surface area contributed by atoms with Crippen LogP contribution in [0.1, 0.15) is 52.0 Å². The second-order valence-electron chi connectivity index (χ2n) is 7.17. The first-order valence-corrected chi connectivity index (χ1v) is 8.30. The zero-order chi connectivity index (χ0) is 17.0. The van der Waals surface area contributed by atoms with Crippen molar-refractivity contribution in [1.82, 2.24) is 4.90 Å². The van der Waals surface area contributed by atoms with E-state index in [-0.39, 0.29) is 17.8 Å². The van der Waals surface area contributed by atoms with Gasteiger partial charge in [-0.25, -0.2) is 9.18 Å². The summed E-state index contributed by atoms with van der Waals surface area (Å²) in [5, 5.41) is 0. The van der Waals surface area contributed by atoms with E-state index in [1.807, 2.05) is 20.8 Å². The van der Waals surface area contributed by atoms with Gasteiger partial charge in [0.25, 0.3) is 0 Å². The van der Waals surface area contributed by atoms with Crippen LogP contribution in [0.2, 0.25) is 0 Å². The molecule has 0 spiro atoms. The number of nitrogen functional groups attached to an aromatic ring is 1. The monoisotopic (exact) mass is 322 g/mol. The van der Waals surface area contributed by atoms with Gasteiger partial charge in [0.05, 0.1) is 5.69 Å². The molecule has 23 heavy (non-hydrogen) atoms. The third-order valence-corrected chi connectivity index (χ3v) is 4.16. The Kier molecular flexibility index (Phi) is 5.50. The average molecular weight is 322 g/mol. The maximum Gasteiger partial charge on any atom is 0.410 e. The topological polar surface area (TPSA) is 55.6 Å². The van der Waals surface area contributed by atoms with Crippen LogP contribution in [0.5, 0.6) is 0 Å². The van der Waals surface area contributed by atoms with Gasteiger partial charge < -0.3 is 15.4 Å². The molecule has 1 aliphatic rings. The van der Waals surface area contributed by atoms with Gasteiger partial charge in [-0.1, -0.05) is 25.0 Å². The number of hydrogen-bond donors (Lipinski definition) is 1. The highest BCUT2D eigenvalue weighted by atomic mass is 19.1. The molecule has 0 unspecified atom stereocenters. The Labute approximate surface area is 137 Å². The van der Waals surface area contributed by atoms with Gasteiger partial charge in [-0.15, -0.1) is 0 Å². The number of nitrogens with zero attached hydrogens (tertiary/aromatic N) is 1. The third-order valence-electron chi connectivity index (χ3n) is 4.16. The zero-order valence-electron chi connectivity index (χ0n) is 14.3. The number of rotatable bonds is 4. The number of para-hydroxylation sites is 1. The SMILES string of the molecule is CC(C)(C)OC(=O)N(CCc1cccc(F)c1N)C1CCCC1. The van der Waals surface area contributed by atoms with Gasteiger partial charge in [-0.2, -0.15) is 0 Å². The second-order valence-corrected chi connectivity index (χ2v) is 7.17. The van der Waals surface area contributed by atoms with Crippen molar-refractivity contribution in [2.75, 3.05) is 12.3 Å². The number of anilines is 1. The van der Waals surface area contributed by atoms with Gasteiger partial charge in [0.15, 0.2) is 0 Å². The molecule has 1 amide bonds. The highest BCUT2D eigenvalue weighted by Gasteiger charge is 2.30. The Balaban J connectivity index is 2.08. The van der Waals surface area contributed by atoms with Crippen LogP contribution in [-0.2, 0) is 11.2 Å². The first-order chi connectivity index (χ1) is 10.8. The van der Waals surface area contributed by atoms with Gasteiger partial charge in [-0.3, -0.25) is 0 Å². The molecule has 2 N–H and O–H groups in total. The van der Waals surface area contributed by atoms with E-state index in [2.05, 4.69) is 0 Å². The van der Waals surface area contributed by atoms with E-state index in [0.29, 0.717) is 13.0 Å². The van der Waals surface area contributed by atoms with Crippen LogP contribution in [-0.4, -0.2) is 29.2 Å². The molecule has 1 fully saturated rings. The summed E-state index contributed by atoms with van der Waals surface area (Å²) in [5.74, 6) is -0.410. The molecule has 0 heterocycles. The Bertz CT molecular complexity index is 548. The third kappa shape index (κ3) is 4.85. The van der Waals surface area contributed by atoms with E-state index >= 15 is 0 Å². The number of carbonyl (C=O) groups excluding carboxylic acids is 1. The lowest BCUT2D eigenvalue weighted by molar-refractivity contribution is 0.0168. The summed E-state index contributed by atoms with van der Waals surface area (Å²) in [4.78, 5) is 14.3. The molecule has 128 valence electrons. The number of nitrogens with two attached hydrogens (primary N) is 1. The summed E-state index contributed by atoms with van der Waals surface area (Å²) in [6.45, 7) is 6.08. The summed E-state index contributed by atoms with van der Waals surface area (Å²) in [6.07, 6.45) is 4.49.